The molecule has 2 aliphatic rings. The first kappa shape index (κ1) is 10.6. The number of rotatable bonds is 2. The highest BCUT2D eigenvalue weighted by molar-refractivity contribution is 7.99. The van der Waals surface area contributed by atoms with Gasteiger partial charge >= 0.3 is 0 Å². The Kier molecular flexibility index (Phi) is 3.15. The molecule has 0 aromatic carbocycles. The Morgan fingerprint density at radius 2 is 2.38 bits per heavy atom. The lowest BCUT2D eigenvalue weighted by atomic mass is 10.0. The number of nitrogens with zero attached hydrogens (tertiary/aromatic N) is 3. The van der Waals surface area contributed by atoms with Gasteiger partial charge in [-0.05, 0) is 31.4 Å². The van der Waals surface area contributed by atoms with Crippen LogP contribution < -0.4 is 5.32 Å². The zero-order valence-electron chi connectivity index (χ0n) is 9.43. The molecular formula is C11H18N4S. The molecule has 3 rings (SSSR count). The van der Waals surface area contributed by atoms with Gasteiger partial charge in [-0.1, -0.05) is 0 Å². The van der Waals surface area contributed by atoms with Gasteiger partial charge in [0.1, 0.15) is 12.2 Å². The summed E-state index contributed by atoms with van der Waals surface area (Å²) in [5.74, 6) is 3.73. The molecule has 4 nitrogen and oxygen atoms in total. The van der Waals surface area contributed by atoms with Gasteiger partial charge in [-0.3, -0.25) is 0 Å². The summed E-state index contributed by atoms with van der Waals surface area (Å²) in [6, 6.07) is 1.10. The minimum absolute atomic E-state index is 0.431. The summed E-state index contributed by atoms with van der Waals surface area (Å²) in [6.07, 6.45) is 6.78. The van der Waals surface area contributed by atoms with Gasteiger partial charge < -0.3 is 5.32 Å². The van der Waals surface area contributed by atoms with E-state index in [1.807, 2.05) is 0 Å². The Morgan fingerprint density at radius 3 is 3.25 bits per heavy atom. The van der Waals surface area contributed by atoms with Crippen molar-refractivity contribution in [2.75, 3.05) is 11.5 Å². The number of hydrogen-bond donors (Lipinski definition) is 1. The van der Waals surface area contributed by atoms with E-state index >= 15 is 0 Å². The average molecular weight is 238 g/mol. The van der Waals surface area contributed by atoms with Gasteiger partial charge in [0.15, 0.2) is 0 Å². The van der Waals surface area contributed by atoms with Crippen molar-refractivity contribution < 1.29 is 0 Å². The van der Waals surface area contributed by atoms with Gasteiger partial charge in [0, 0.05) is 18.3 Å². The minimum Gasteiger partial charge on any atom is -0.304 e. The molecule has 1 N–H and O–H groups in total. The molecular weight excluding hydrogens is 220 g/mol. The maximum Gasteiger partial charge on any atom is 0.143 e. The van der Waals surface area contributed by atoms with Gasteiger partial charge in [0.05, 0.1) is 6.04 Å². The molecule has 1 aromatic rings. The number of nitrogens with one attached hydrogen (secondary N) is 1. The Morgan fingerprint density at radius 1 is 1.38 bits per heavy atom. The van der Waals surface area contributed by atoms with Gasteiger partial charge in [0.2, 0.25) is 0 Å². The minimum atomic E-state index is 0.431. The molecule has 1 saturated heterocycles. The highest BCUT2D eigenvalue weighted by Gasteiger charge is 2.25. The second kappa shape index (κ2) is 4.75. The first-order valence-corrected chi connectivity index (χ1v) is 7.30. The van der Waals surface area contributed by atoms with E-state index in [0.29, 0.717) is 12.1 Å². The quantitative estimate of drug-likeness (QED) is 0.850. The molecule has 2 atom stereocenters. The van der Waals surface area contributed by atoms with Crippen molar-refractivity contribution in [2.45, 2.75) is 44.3 Å². The average Bonchev–Trinajstić information content (AvgIpc) is 2.80. The third kappa shape index (κ3) is 2.11. The summed E-state index contributed by atoms with van der Waals surface area (Å²) >= 11 is 2.07. The second-order valence-electron chi connectivity index (χ2n) is 4.62. The zero-order chi connectivity index (χ0) is 10.8. The molecule has 0 amide bonds. The first-order chi connectivity index (χ1) is 7.93. The molecule has 16 heavy (non-hydrogen) atoms. The van der Waals surface area contributed by atoms with E-state index in [-0.39, 0.29) is 0 Å². The largest absolute Gasteiger partial charge is 0.304 e. The number of aryl methyl sites for hydroxylation is 1. The van der Waals surface area contributed by atoms with Gasteiger partial charge in [-0.15, -0.1) is 0 Å². The van der Waals surface area contributed by atoms with E-state index in [0.717, 1.165) is 12.4 Å². The van der Waals surface area contributed by atoms with Crippen molar-refractivity contribution in [3.05, 3.63) is 12.2 Å². The van der Waals surface area contributed by atoms with E-state index in [9.17, 15) is 0 Å². The maximum absolute atomic E-state index is 4.39. The van der Waals surface area contributed by atoms with Crippen LogP contribution in [0.15, 0.2) is 6.33 Å². The van der Waals surface area contributed by atoms with Crippen molar-refractivity contribution in [3.8, 4) is 0 Å². The van der Waals surface area contributed by atoms with Gasteiger partial charge in [0.25, 0.3) is 0 Å². The maximum atomic E-state index is 4.39. The van der Waals surface area contributed by atoms with Crippen LogP contribution >= 0.6 is 11.8 Å². The lowest BCUT2D eigenvalue weighted by Crippen LogP contribution is -2.39. The zero-order valence-corrected chi connectivity index (χ0v) is 10.2. The van der Waals surface area contributed by atoms with E-state index < -0.39 is 0 Å². The standard InChI is InChI=1S/C11H18N4S/c1-4-10(11-12-8-13-15(11)5-1)14-9-3-2-6-16-7-9/h8-10,14H,1-7H2. The first-order valence-electron chi connectivity index (χ1n) is 6.15. The second-order valence-corrected chi connectivity index (χ2v) is 5.77. The molecule has 2 aliphatic heterocycles. The van der Waals surface area contributed by atoms with Crippen LogP contribution in [-0.2, 0) is 6.54 Å². The van der Waals surface area contributed by atoms with Crippen LogP contribution in [0.1, 0.15) is 37.5 Å². The summed E-state index contributed by atoms with van der Waals surface area (Å²) < 4.78 is 2.05. The summed E-state index contributed by atoms with van der Waals surface area (Å²) in [5, 5.41) is 8.02. The number of fused-ring (bicyclic) bond motifs is 1. The van der Waals surface area contributed by atoms with Crippen LogP contribution in [0.4, 0.5) is 0 Å². The third-order valence-corrected chi connectivity index (χ3v) is 4.63. The molecule has 88 valence electrons. The van der Waals surface area contributed by atoms with E-state index in [1.165, 1.54) is 37.2 Å². The number of aromatic nitrogens is 3. The van der Waals surface area contributed by atoms with Crippen LogP contribution in [0.5, 0.6) is 0 Å². The normalized spacial score (nSPS) is 30.0. The number of hydrogen-bond acceptors (Lipinski definition) is 4. The monoisotopic (exact) mass is 238 g/mol. The van der Waals surface area contributed by atoms with Crippen LogP contribution in [0, 0.1) is 0 Å². The summed E-state index contributed by atoms with van der Waals surface area (Å²) in [4.78, 5) is 4.39. The highest BCUT2D eigenvalue weighted by atomic mass is 32.2. The van der Waals surface area contributed by atoms with Crippen molar-refractivity contribution in [2.24, 2.45) is 0 Å². The molecule has 3 heterocycles. The topological polar surface area (TPSA) is 42.7 Å². The van der Waals surface area contributed by atoms with Crippen molar-refractivity contribution in [3.63, 3.8) is 0 Å². The summed E-state index contributed by atoms with van der Waals surface area (Å²) in [5.41, 5.74) is 0. The van der Waals surface area contributed by atoms with Crippen molar-refractivity contribution in [1.29, 1.82) is 0 Å². The van der Waals surface area contributed by atoms with Crippen LogP contribution in [0.2, 0.25) is 0 Å². The fourth-order valence-electron chi connectivity index (χ4n) is 2.60. The predicted molar refractivity (Wildman–Crippen MR) is 65.5 cm³/mol. The Balaban J connectivity index is 1.67. The van der Waals surface area contributed by atoms with Gasteiger partial charge in [-0.2, -0.15) is 16.9 Å². The fraction of sp³-hybridized carbons (Fsp3) is 0.818. The Hall–Kier alpha value is -0.550. The molecule has 1 fully saturated rings. The predicted octanol–water partition coefficient (Wildman–Crippen LogP) is 1.60. The molecule has 0 radical (unpaired) electrons. The lowest BCUT2D eigenvalue weighted by molar-refractivity contribution is 0.334. The molecule has 2 unspecified atom stereocenters. The van der Waals surface area contributed by atoms with Crippen LogP contribution in [-0.4, -0.2) is 32.3 Å². The molecule has 0 saturated carbocycles. The highest BCUT2D eigenvalue weighted by Crippen LogP contribution is 2.25. The molecule has 0 aliphatic carbocycles. The molecule has 0 spiro atoms. The summed E-state index contributed by atoms with van der Waals surface area (Å²) in [7, 11) is 0. The SMILES string of the molecule is c1nc2n(n1)CCCC2NC1CCCSC1. The molecule has 1 aromatic heterocycles. The van der Waals surface area contributed by atoms with Crippen molar-refractivity contribution >= 4 is 11.8 Å². The van der Waals surface area contributed by atoms with Crippen LogP contribution in [0.25, 0.3) is 0 Å². The van der Waals surface area contributed by atoms with Crippen molar-refractivity contribution in [1.82, 2.24) is 20.1 Å². The Bertz CT molecular complexity index is 346. The van der Waals surface area contributed by atoms with Gasteiger partial charge in [-0.25, -0.2) is 9.67 Å². The lowest BCUT2D eigenvalue weighted by Gasteiger charge is -2.30. The molecule has 5 heteroatoms. The number of thioether (sulfide) groups is 1. The van der Waals surface area contributed by atoms with Crippen LogP contribution in [0.3, 0.4) is 0 Å². The van der Waals surface area contributed by atoms with E-state index in [2.05, 4.69) is 31.8 Å². The fourth-order valence-corrected chi connectivity index (χ4v) is 3.69. The Labute approximate surface area is 100 Å². The molecule has 0 bridgehead atoms. The van der Waals surface area contributed by atoms with E-state index in [4.69, 9.17) is 0 Å². The summed E-state index contributed by atoms with van der Waals surface area (Å²) in [6.45, 7) is 1.03. The third-order valence-electron chi connectivity index (χ3n) is 3.42. The van der Waals surface area contributed by atoms with E-state index in [1.54, 1.807) is 6.33 Å². The smallest absolute Gasteiger partial charge is 0.143 e.